The Morgan fingerprint density at radius 3 is 2.55 bits per heavy atom. The fraction of sp³-hybridized carbons (Fsp3) is 0.364. The molecule has 5 rings (SSSR count). The molecule has 0 radical (unpaired) electrons. The van der Waals surface area contributed by atoms with Gasteiger partial charge in [-0.05, 0) is 101 Å². The third-order valence-corrected chi connectivity index (χ3v) is 8.37. The molecule has 3 aromatic carbocycles. The van der Waals surface area contributed by atoms with Crippen molar-refractivity contribution in [3.05, 3.63) is 90.3 Å². The monoisotopic (exact) mass is 622 g/mol. The van der Waals surface area contributed by atoms with Crippen molar-refractivity contribution in [2.75, 3.05) is 17.2 Å². The summed E-state index contributed by atoms with van der Waals surface area (Å²) in [5.74, 6) is 1.34. The van der Waals surface area contributed by atoms with Crippen LogP contribution in [0, 0.1) is 6.92 Å². The van der Waals surface area contributed by atoms with Gasteiger partial charge in [-0.25, -0.2) is 14.7 Å². The lowest BCUT2D eigenvalue weighted by atomic mass is 10.1. The Morgan fingerprint density at radius 1 is 1.05 bits per heavy atom. The van der Waals surface area contributed by atoms with E-state index in [1.165, 1.54) is 52.1 Å². The number of unbranched alkanes of at least 4 members (excludes halogenated alkanes) is 1. The first kappa shape index (κ1) is 31.6. The number of benzene rings is 3. The second-order valence-electron chi connectivity index (χ2n) is 10.9. The van der Waals surface area contributed by atoms with Crippen LogP contribution in [0.25, 0.3) is 17.1 Å². The minimum Gasteiger partial charge on any atom is -0.406 e. The number of ether oxygens (including phenoxy) is 1. The first-order chi connectivity index (χ1) is 21.1. The molecule has 1 N–H and O–H groups in total. The van der Waals surface area contributed by atoms with Gasteiger partial charge in [-0.1, -0.05) is 48.2 Å². The molecule has 0 saturated carbocycles. The zero-order valence-corrected chi connectivity index (χ0v) is 25.9. The minimum absolute atomic E-state index is 0.0351. The lowest BCUT2D eigenvalue weighted by Crippen LogP contribution is -2.42. The third kappa shape index (κ3) is 8.63. The quantitative estimate of drug-likeness (QED) is 0.172. The lowest BCUT2D eigenvalue weighted by molar-refractivity contribution is -0.274. The number of hydrogen-bond donors (Lipinski definition) is 1. The van der Waals surface area contributed by atoms with E-state index >= 15 is 0 Å². The average molecular weight is 623 g/mol. The highest BCUT2D eigenvalue weighted by atomic mass is 32.2. The molecule has 0 bridgehead atoms. The number of nitrogens with one attached hydrogen (secondary N) is 1. The van der Waals surface area contributed by atoms with Crippen molar-refractivity contribution in [3.8, 4) is 22.8 Å². The van der Waals surface area contributed by atoms with Gasteiger partial charge in [-0.3, -0.25) is 5.32 Å². The molecule has 232 valence electrons. The molecule has 0 spiro atoms. The molecule has 0 aliphatic carbocycles. The SMILES string of the molecule is Cc1cccc(N2/C(=N/C(C)NCCCCc3ccc(-c4ncn(-c5ccc(OC(F)(F)F)cc5)n4)cc3)SCCC2C)c1. The Morgan fingerprint density at radius 2 is 1.82 bits per heavy atom. The van der Waals surface area contributed by atoms with Crippen LogP contribution in [0.2, 0.25) is 0 Å². The van der Waals surface area contributed by atoms with Crippen molar-refractivity contribution in [2.24, 2.45) is 4.99 Å². The van der Waals surface area contributed by atoms with Gasteiger partial charge in [0.25, 0.3) is 0 Å². The summed E-state index contributed by atoms with van der Waals surface area (Å²) in [4.78, 5) is 11.8. The summed E-state index contributed by atoms with van der Waals surface area (Å²) in [6.07, 6.45) is 1.05. The van der Waals surface area contributed by atoms with Gasteiger partial charge in [0.2, 0.25) is 0 Å². The third-order valence-electron chi connectivity index (χ3n) is 7.37. The predicted molar refractivity (Wildman–Crippen MR) is 172 cm³/mol. The van der Waals surface area contributed by atoms with E-state index in [4.69, 9.17) is 4.99 Å². The average Bonchev–Trinajstić information content (AvgIpc) is 3.47. The van der Waals surface area contributed by atoms with Gasteiger partial charge in [0.05, 0.1) is 11.9 Å². The summed E-state index contributed by atoms with van der Waals surface area (Å²) in [5.41, 5.74) is 5.15. The van der Waals surface area contributed by atoms with Gasteiger partial charge < -0.3 is 9.64 Å². The molecule has 1 aromatic heterocycles. The normalized spacial score (nSPS) is 17.2. The summed E-state index contributed by atoms with van der Waals surface area (Å²) in [6.45, 7) is 7.41. The number of amidine groups is 1. The highest BCUT2D eigenvalue weighted by molar-refractivity contribution is 8.14. The molecule has 1 fully saturated rings. The van der Waals surface area contributed by atoms with Crippen LogP contribution in [0.15, 0.2) is 84.1 Å². The number of anilines is 1. The molecule has 2 atom stereocenters. The minimum atomic E-state index is -4.73. The van der Waals surface area contributed by atoms with Gasteiger partial charge in [0.15, 0.2) is 11.0 Å². The number of aromatic nitrogens is 3. The molecule has 11 heteroatoms. The lowest BCUT2D eigenvalue weighted by Gasteiger charge is -2.36. The van der Waals surface area contributed by atoms with Crippen molar-refractivity contribution in [1.82, 2.24) is 20.1 Å². The Kier molecular flexibility index (Phi) is 10.3. The van der Waals surface area contributed by atoms with Gasteiger partial charge in [0, 0.05) is 23.0 Å². The number of halogens is 3. The highest BCUT2D eigenvalue weighted by Crippen LogP contribution is 2.30. The van der Waals surface area contributed by atoms with E-state index in [1.54, 1.807) is 0 Å². The fourth-order valence-electron chi connectivity index (χ4n) is 5.07. The second-order valence-corrected chi connectivity index (χ2v) is 12.0. The standard InChI is InChI=1S/C33H37F3N6OS/c1-23-7-6-9-29(21-23)42-24(2)18-20-44-32(42)39-25(3)37-19-5-4-8-26-10-12-27(13-11-26)31-38-22-41(40-31)28-14-16-30(17-15-28)43-33(34,35)36/h6-7,9-17,21-22,24-25,37H,4-5,8,18-20H2,1-3H3/b39-32-. The molecule has 2 heterocycles. The van der Waals surface area contributed by atoms with Crippen LogP contribution in [0.4, 0.5) is 18.9 Å². The first-order valence-electron chi connectivity index (χ1n) is 14.8. The van der Waals surface area contributed by atoms with Crippen LogP contribution in [-0.4, -0.2) is 50.8 Å². The van der Waals surface area contributed by atoms with Gasteiger partial charge in [0.1, 0.15) is 12.1 Å². The van der Waals surface area contributed by atoms with Crippen LogP contribution in [0.3, 0.4) is 0 Å². The maximum atomic E-state index is 12.4. The number of aryl methyl sites for hydroxylation is 2. The van der Waals surface area contributed by atoms with Crippen LogP contribution < -0.4 is 15.0 Å². The Bertz CT molecular complexity index is 1540. The highest BCUT2D eigenvalue weighted by Gasteiger charge is 2.31. The van der Waals surface area contributed by atoms with Crippen molar-refractivity contribution in [1.29, 1.82) is 0 Å². The topological polar surface area (TPSA) is 67.6 Å². The molecule has 1 aliphatic heterocycles. The Labute approximate surface area is 260 Å². The zero-order chi connectivity index (χ0) is 31.1. The van der Waals surface area contributed by atoms with E-state index < -0.39 is 6.36 Å². The Balaban J connectivity index is 1.08. The van der Waals surface area contributed by atoms with Crippen LogP contribution in [-0.2, 0) is 6.42 Å². The van der Waals surface area contributed by atoms with Crippen molar-refractivity contribution in [3.63, 3.8) is 0 Å². The summed E-state index contributed by atoms with van der Waals surface area (Å²) in [6, 6.07) is 22.7. The Hall–Kier alpha value is -3.83. The molecule has 1 aliphatic rings. The summed E-state index contributed by atoms with van der Waals surface area (Å²) >= 11 is 1.83. The van der Waals surface area contributed by atoms with Crippen molar-refractivity contribution < 1.29 is 17.9 Å². The molecule has 1 saturated heterocycles. The molecule has 2 unspecified atom stereocenters. The van der Waals surface area contributed by atoms with Crippen molar-refractivity contribution >= 4 is 22.6 Å². The summed E-state index contributed by atoms with van der Waals surface area (Å²) < 4.78 is 42.7. The van der Waals surface area contributed by atoms with Crippen LogP contribution in [0.1, 0.15) is 44.2 Å². The largest absolute Gasteiger partial charge is 0.573 e. The molecule has 44 heavy (non-hydrogen) atoms. The number of alkyl halides is 3. The van der Waals surface area contributed by atoms with E-state index in [1.807, 2.05) is 23.9 Å². The van der Waals surface area contributed by atoms with Crippen LogP contribution in [0.5, 0.6) is 5.75 Å². The van der Waals surface area contributed by atoms with Crippen molar-refractivity contribution in [2.45, 2.75) is 65.0 Å². The maximum Gasteiger partial charge on any atom is 0.573 e. The number of aliphatic imine (C=N–C) groups is 1. The number of nitrogens with zero attached hydrogens (tertiary/aromatic N) is 5. The zero-order valence-electron chi connectivity index (χ0n) is 25.1. The van der Waals surface area contributed by atoms with E-state index in [2.05, 4.69) is 82.2 Å². The van der Waals surface area contributed by atoms with E-state index in [9.17, 15) is 13.2 Å². The maximum absolute atomic E-state index is 12.4. The number of thioether (sulfide) groups is 1. The van der Waals surface area contributed by atoms with Crippen LogP contribution >= 0.6 is 11.8 Å². The number of rotatable bonds is 11. The molecule has 7 nitrogen and oxygen atoms in total. The first-order valence-corrected chi connectivity index (χ1v) is 15.8. The van der Waals surface area contributed by atoms with E-state index in [-0.39, 0.29) is 11.9 Å². The summed E-state index contributed by atoms with van der Waals surface area (Å²) in [7, 11) is 0. The molecule has 0 amide bonds. The fourth-order valence-corrected chi connectivity index (χ4v) is 6.37. The van der Waals surface area contributed by atoms with E-state index in [0.29, 0.717) is 17.6 Å². The van der Waals surface area contributed by atoms with Gasteiger partial charge in [-0.15, -0.1) is 18.3 Å². The van der Waals surface area contributed by atoms with Gasteiger partial charge >= 0.3 is 6.36 Å². The molecule has 4 aromatic rings. The van der Waals surface area contributed by atoms with E-state index in [0.717, 1.165) is 48.7 Å². The van der Waals surface area contributed by atoms with Gasteiger partial charge in [-0.2, -0.15) is 0 Å². The summed E-state index contributed by atoms with van der Waals surface area (Å²) in [5, 5.41) is 9.13. The molecular formula is C33H37F3N6OS. The smallest absolute Gasteiger partial charge is 0.406 e. The molecular weight excluding hydrogens is 585 g/mol. The predicted octanol–water partition coefficient (Wildman–Crippen LogP) is 7.79. The second kappa shape index (κ2) is 14.3. The number of hydrogen-bond acceptors (Lipinski definition) is 6.